The summed E-state index contributed by atoms with van der Waals surface area (Å²) in [4.78, 5) is 65.5. The molecule has 3 spiro atoms. The second-order valence-corrected chi connectivity index (χ2v) is 35.9. The molecule has 18 nitrogen and oxygen atoms in total. The topological polar surface area (TPSA) is 227 Å². The summed E-state index contributed by atoms with van der Waals surface area (Å²) in [5.74, 6) is -11.0. The van der Waals surface area contributed by atoms with E-state index in [0.29, 0.717) is 90.3 Å². The number of cyclic esters (lactones) is 2. The van der Waals surface area contributed by atoms with Gasteiger partial charge in [0, 0.05) is 37.5 Å². The minimum absolute atomic E-state index is 0. The number of esters is 2. The maximum atomic E-state index is 13.4. The molecule has 6 aromatic rings. The van der Waals surface area contributed by atoms with Gasteiger partial charge in [0.15, 0.2) is 40.9 Å². The zero-order valence-corrected chi connectivity index (χ0v) is 67.3. The Kier molecular flexibility index (Phi) is 27.8. The van der Waals surface area contributed by atoms with Crippen LogP contribution in [0.4, 0.5) is 31.9 Å². The molecule has 8 bridgehead atoms. The highest BCUT2D eigenvalue weighted by Gasteiger charge is 2.70. The van der Waals surface area contributed by atoms with E-state index in [2.05, 4.69) is 187 Å². The third-order valence-corrected chi connectivity index (χ3v) is 26.9. The average molecular weight is 1680 g/mol. The molecule has 3 saturated heterocycles. The minimum Gasteiger partial charge on any atom is -1.00 e. The number of hydrogen-bond donors (Lipinski definition) is 2. The average Bonchev–Trinajstić information content (AvgIpc) is 0.707. The highest BCUT2D eigenvalue weighted by molar-refractivity contribution is 7.97. The van der Waals surface area contributed by atoms with Crippen molar-refractivity contribution in [1.29, 1.82) is 0 Å². The number of aliphatic hydroxyl groups excluding tert-OH is 2. The summed E-state index contributed by atoms with van der Waals surface area (Å²) >= 11 is 0. The predicted molar refractivity (Wildman–Crippen MR) is 397 cm³/mol. The van der Waals surface area contributed by atoms with Gasteiger partial charge in [-0.1, -0.05) is 123 Å². The number of rotatable bonds is 16. The van der Waals surface area contributed by atoms with Crippen LogP contribution >= 0.6 is 0 Å². The highest BCUT2D eigenvalue weighted by atomic mass is 127. The number of aliphatic hydroxyl groups is 2. The number of hydrogen-bond acceptors (Lipinski definition) is 18. The van der Waals surface area contributed by atoms with Gasteiger partial charge in [-0.15, -0.1) is 0 Å². The fourth-order valence-corrected chi connectivity index (χ4v) is 20.7. The van der Waals surface area contributed by atoms with Crippen molar-refractivity contribution in [1.82, 2.24) is 0 Å². The number of carbonyl (C=O) groups is 5. The van der Waals surface area contributed by atoms with Crippen LogP contribution in [-0.2, 0) is 83.5 Å². The summed E-state index contributed by atoms with van der Waals surface area (Å²) in [7, 11) is -0.0293. The van der Waals surface area contributed by atoms with Crippen LogP contribution in [0.3, 0.4) is 0 Å². The van der Waals surface area contributed by atoms with Crippen LogP contribution in [0.25, 0.3) is 0 Å². The van der Waals surface area contributed by atoms with Gasteiger partial charge in [0.1, 0.15) is 35.6 Å². The summed E-state index contributed by atoms with van der Waals surface area (Å²) in [6.45, 7) is 12.8. The number of carbonyl (C=O) groups excluding carboxylic acids is 5. The van der Waals surface area contributed by atoms with E-state index in [1.54, 1.807) is 27.7 Å². The Balaban J connectivity index is 0.000000148. The predicted octanol–water partition coefficient (Wildman–Crippen LogP) is 14.4. The molecule has 0 amide bonds. The summed E-state index contributed by atoms with van der Waals surface area (Å²) in [6, 6.07) is 64.3. The summed E-state index contributed by atoms with van der Waals surface area (Å²) in [5.41, 5.74) is -4.33. The van der Waals surface area contributed by atoms with Crippen LogP contribution in [0.2, 0.25) is 0 Å². The Hall–Kier alpha value is -6.82. The zero-order chi connectivity index (χ0) is 78.1. The molecular weight excluding hydrogens is 1580 g/mol. The first-order chi connectivity index (χ1) is 51.8. The second kappa shape index (κ2) is 35.7. The largest absolute Gasteiger partial charge is 1.00 e. The molecule has 17 rings (SSSR count). The van der Waals surface area contributed by atoms with Gasteiger partial charge in [0.25, 0.3) is 0 Å². The van der Waals surface area contributed by atoms with E-state index < -0.39 is 87.1 Å². The summed E-state index contributed by atoms with van der Waals surface area (Å²) in [5, 5.41) is 19.1. The normalized spacial score (nSPS) is 25.2. The van der Waals surface area contributed by atoms with Crippen molar-refractivity contribution in [2.45, 2.75) is 208 Å². The van der Waals surface area contributed by atoms with Crippen LogP contribution in [-0.4, -0.2) is 139 Å². The molecular formula is C85H102F4IO18S2+. The summed E-state index contributed by atoms with van der Waals surface area (Å²) < 4.78 is 113. The van der Waals surface area contributed by atoms with Gasteiger partial charge in [-0.25, -0.2) is 24.0 Å². The van der Waals surface area contributed by atoms with Crippen LogP contribution in [0.15, 0.2) is 211 Å². The fraction of sp³-hybridized carbons (Fsp3) is 0.518. The third-order valence-electron chi connectivity index (χ3n) is 22.4. The quantitative estimate of drug-likeness (QED) is 0.0229. The molecule has 11 aliphatic rings. The van der Waals surface area contributed by atoms with Crippen LogP contribution in [0.1, 0.15) is 132 Å². The van der Waals surface area contributed by atoms with E-state index in [0.717, 1.165) is 25.7 Å². The molecule has 4 atom stereocenters. The second-order valence-electron chi connectivity index (χ2n) is 31.9. The third kappa shape index (κ3) is 20.4. The van der Waals surface area contributed by atoms with Crippen molar-refractivity contribution in [2.24, 2.45) is 46.3 Å². The fourth-order valence-electron chi connectivity index (χ4n) is 16.5. The standard InChI is InChI=1S/C19H24F2O7.C18H26F2O6.2C18H15S.C12H22O5.HI/c1-16(20,21)14(22)28-18-4-11-2-12(5-18)19(13(3-11)6-18)26-9-17(10-27-19)7-24-15(23)25-8-17;1-15(19,20)14(23)26-17-4-11-2-12(5-17)18(13(3-11)6-17)24-9-16(7-21,8-22)10-25-18;2*1-4-10-16(11-5-1)19(17-12-6-2-7-13-17)18-14-8-3-9-15-18;1-7-11(3,4)16-9(13)15-10(14)17-12(5,6)8-2;/h11-13H,2-10H2,1H3;11-13,21-22H,2-10H2,1H3;2*1-15H;7-8H2,1-6H3;1H/q;;2*+1;;/p-1. The Morgan fingerprint density at radius 1 is 0.427 bits per heavy atom. The van der Waals surface area contributed by atoms with Crippen molar-refractivity contribution in [3.63, 3.8) is 0 Å². The Labute approximate surface area is 664 Å². The Morgan fingerprint density at radius 2 is 0.691 bits per heavy atom. The van der Waals surface area contributed by atoms with Crippen LogP contribution in [0.5, 0.6) is 0 Å². The van der Waals surface area contributed by atoms with Gasteiger partial charge in [0.05, 0.1) is 72.3 Å². The van der Waals surface area contributed by atoms with Crippen LogP contribution < -0.4 is 24.0 Å². The van der Waals surface area contributed by atoms with E-state index in [1.165, 1.54) is 29.4 Å². The number of halogens is 5. The number of ether oxygens (including phenoxy) is 11. The zero-order valence-electron chi connectivity index (χ0n) is 63.6. The lowest BCUT2D eigenvalue weighted by molar-refractivity contribution is -0.399. The molecule has 6 aromatic carbocycles. The number of benzene rings is 6. The van der Waals surface area contributed by atoms with Crippen molar-refractivity contribution in [3.8, 4) is 0 Å². The SMILES string of the molecule is CC(F)(F)C(=O)OC12CC3CC(C1)C1(OCC(CO)(CO)CO1)C(C3)C2.CC(F)(F)C(=O)OC12CC3CC(C1)C1(OCC4(COC(=O)OC4)CO1)C(C3)C2.CCC(C)(C)OC(=O)OC(=O)OC(C)(C)CC.[I-].c1ccc([S+](c2ccccc2)c2ccccc2)cc1.c1ccc([S+](c2ccccc2)c2ccccc2)cc1. The highest BCUT2D eigenvalue weighted by Crippen LogP contribution is 2.66. The molecule has 11 fully saturated rings. The van der Waals surface area contributed by atoms with E-state index in [-0.39, 0.29) is 109 Å². The monoisotopic (exact) mass is 1680 g/mol. The first kappa shape index (κ1) is 85.6. The molecule has 3 aliphatic heterocycles. The molecule has 0 aromatic heterocycles. The molecule has 0 radical (unpaired) electrons. The molecule has 25 heteroatoms. The van der Waals surface area contributed by atoms with Crippen LogP contribution in [0, 0.1) is 46.3 Å². The van der Waals surface area contributed by atoms with Gasteiger partial charge in [-0.2, -0.15) is 17.6 Å². The lowest BCUT2D eigenvalue weighted by Crippen LogP contribution is -3.00. The Bertz CT molecular complexity index is 3610. The lowest BCUT2D eigenvalue weighted by Gasteiger charge is -2.65. The maximum Gasteiger partial charge on any atom is 0.519 e. The lowest BCUT2D eigenvalue weighted by atomic mass is 9.51. The molecule has 8 aliphatic carbocycles. The van der Waals surface area contributed by atoms with Gasteiger partial charge in [-0.05, 0) is 189 Å². The molecule has 110 heavy (non-hydrogen) atoms. The molecule has 3 heterocycles. The molecule has 2 N–H and O–H groups in total. The van der Waals surface area contributed by atoms with E-state index >= 15 is 0 Å². The van der Waals surface area contributed by atoms with E-state index in [4.69, 9.17) is 47.4 Å². The van der Waals surface area contributed by atoms with Crippen molar-refractivity contribution >= 4 is 52.2 Å². The van der Waals surface area contributed by atoms with Crippen molar-refractivity contribution in [2.75, 3.05) is 52.9 Å². The Morgan fingerprint density at radius 3 is 0.936 bits per heavy atom. The summed E-state index contributed by atoms with van der Waals surface area (Å²) in [6.07, 6.45) is 5.04. The first-order valence-corrected chi connectivity index (χ1v) is 40.0. The van der Waals surface area contributed by atoms with Gasteiger partial charge in [0.2, 0.25) is 0 Å². The van der Waals surface area contributed by atoms with Gasteiger partial charge < -0.3 is 86.3 Å². The van der Waals surface area contributed by atoms with E-state index in [9.17, 15) is 51.7 Å². The first-order valence-electron chi connectivity index (χ1n) is 37.5. The molecule has 4 unspecified atom stereocenters. The van der Waals surface area contributed by atoms with Crippen molar-refractivity contribution < 1.29 is 128 Å². The number of alkyl halides is 4. The van der Waals surface area contributed by atoms with Gasteiger partial charge >= 0.3 is 42.2 Å². The minimum atomic E-state index is -3.50. The molecule has 596 valence electrons. The molecule has 8 saturated carbocycles. The smallest absolute Gasteiger partial charge is 0.519 e. The van der Waals surface area contributed by atoms with Gasteiger partial charge in [-0.3, -0.25) is 0 Å². The maximum absolute atomic E-state index is 13.4. The van der Waals surface area contributed by atoms with E-state index in [1.807, 2.05) is 13.8 Å². The van der Waals surface area contributed by atoms with Crippen molar-refractivity contribution in [3.05, 3.63) is 182 Å².